The standard InChI is InChI=1S/C12H11N3O3/c13-4-8-5-14-11(15-12(8)16)7-1-2-9-10(3-7)18-6-17-9/h1-3,5H,4,6,13H2,(H,14,15,16). The molecule has 6 nitrogen and oxygen atoms in total. The summed E-state index contributed by atoms with van der Waals surface area (Å²) in [6.45, 7) is 0.387. The Morgan fingerprint density at radius 1 is 1.33 bits per heavy atom. The van der Waals surface area contributed by atoms with E-state index in [4.69, 9.17) is 15.2 Å². The summed E-state index contributed by atoms with van der Waals surface area (Å²) in [5, 5.41) is 0. The van der Waals surface area contributed by atoms with Gasteiger partial charge >= 0.3 is 0 Å². The van der Waals surface area contributed by atoms with Crippen molar-refractivity contribution < 1.29 is 9.47 Å². The van der Waals surface area contributed by atoms with Crippen LogP contribution in [0.3, 0.4) is 0 Å². The second-order valence-corrected chi connectivity index (χ2v) is 3.86. The Hall–Kier alpha value is -2.34. The number of hydrogen-bond acceptors (Lipinski definition) is 5. The van der Waals surface area contributed by atoms with Gasteiger partial charge in [-0.25, -0.2) is 4.98 Å². The minimum Gasteiger partial charge on any atom is -0.454 e. The van der Waals surface area contributed by atoms with Gasteiger partial charge in [-0.3, -0.25) is 4.79 Å². The fraction of sp³-hybridized carbons (Fsp3) is 0.167. The highest BCUT2D eigenvalue weighted by Gasteiger charge is 2.14. The Balaban J connectivity index is 2.05. The number of aromatic amines is 1. The maximum atomic E-state index is 11.6. The van der Waals surface area contributed by atoms with Crippen molar-refractivity contribution in [1.29, 1.82) is 0 Å². The molecule has 0 aliphatic carbocycles. The van der Waals surface area contributed by atoms with Crippen LogP contribution in [0.25, 0.3) is 11.4 Å². The summed E-state index contributed by atoms with van der Waals surface area (Å²) < 4.78 is 10.5. The summed E-state index contributed by atoms with van der Waals surface area (Å²) >= 11 is 0. The van der Waals surface area contributed by atoms with Crippen molar-refractivity contribution in [3.8, 4) is 22.9 Å². The van der Waals surface area contributed by atoms with Gasteiger partial charge in [-0.15, -0.1) is 0 Å². The SMILES string of the molecule is NCc1cnc(-c2ccc3c(c2)OCO3)[nH]c1=O. The number of hydrogen-bond donors (Lipinski definition) is 2. The monoisotopic (exact) mass is 245 g/mol. The predicted octanol–water partition coefficient (Wildman–Crippen LogP) is 0.624. The highest BCUT2D eigenvalue weighted by molar-refractivity contribution is 5.61. The fourth-order valence-corrected chi connectivity index (χ4v) is 1.76. The van der Waals surface area contributed by atoms with Gasteiger partial charge in [0.1, 0.15) is 5.82 Å². The third-order valence-corrected chi connectivity index (χ3v) is 2.74. The van der Waals surface area contributed by atoms with E-state index in [1.54, 1.807) is 12.1 Å². The average Bonchev–Trinajstić information content (AvgIpc) is 2.85. The second kappa shape index (κ2) is 4.15. The smallest absolute Gasteiger partial charge is 0.255 e. The Morgan fingerprint density at radius 2 is 2.17 bits per heavy atom. The second-order valence-electron chi connectivity index (χ2n) is 3.86. The topological polar surface area (TPSA) is 90.2 Å². The highest BCUT2D eigenvalue weighted by atomic mass is 16.7. The van der Waals surface area contributed by atoms with E-state index in [2.05, 4.69) is 9.97 Å². The van der Waals surface area contributed by atoms with Gasteiger partial charge in [-0.2, -0.15) is 0 Å². The molecule has 0 saturated heterocycles. The molecule has 3 N–H and O–H groups in total. The van der Waals surface area contributed by atoms with E-state index in [0.29, 0.717) is 22.9 Å². The molecule has 1 aliphatic heterocycles. The molecule has 1 aromatic heterocycles. The van der Waals surface area contributed by atoms with Crippen molar-refractivity contribution in [2.45, 2.75) is 6.54 Å². The zero-order chi connectivity index (χ0) is 12.5. The Labute approximate surface area is 102 Å². The third-order valence-electron chi connectivity index (χ3n) is 2.74. The van der Waals surface area contributed by atoms with Gasteiger partial charge < -0.3 is 20.2 Å². The van der Waals surface area contributed by atoms with Gasteiger partial charge in [0.2, 0.25) is 6.79 Å². The average molecular weight is 245 g/mol. The van der Waals surface area contributed by atoms with Gasteiger partial charge in [0, 0.05) is 23.9 Å². The van der Waals surface area contributed by atoms with Crippen LogP contribution in [0, 0.1) is 0 Å². The van der Waals surface area contributed by atoms with Crippen molar-refractivity contribution in [3.05, 3.63) is 40.3 Å². The normalized spacial score (nSPS) is 12.7. The summed E-state index contributed by atoms with van der Waals surface area (Å²) in [4.78, 5) is 18.5. The van der Waals surface area contributed by atoms with Crippen molar-refractivity contribution in [2.24, 2.45) is 5.73 Å². The van der Waals surface area contributed by atoms with Crippen LogP contribution >= 0.6 is 0 Å². The number of aromatic nitrogens is 2. The summed E-state index contributed by atoms with van der Waals surface area (Å²) in [6.07, 6.45) is 1.48. The molecular weight excluding hydrogens is 234 g/mol. The van der Waals surface area contributed by atoms with Crippen molar-refractivity contribution in [3.63, 3.8) is 0 Å². The van der Waals surface area contributed by atoms with Crippen molar-refractivity contribution in [2.75, 3.05) is 6.79 Å². The molecule has 0 bridgehead atoms. The summed E-state index contributed by atoms with van der Waals surface area (Å²) in [5.41, 5.74) is 6.42. The lowest BCUT2D eigenvalue weighted by Crippen LogP contribution is -2.17. The molecule has 2 heterocycles. The first-order valence-electron chi connectivity index (χ1n) is 5.46. The number of fused-ring (bicyclic) bond motifs is 1. The number of rotatable bonds is 2. The van der Waals surface area contributed by atoms with E-state index in [-0.39, 0.29) is 18.9 Å². The van der Waals surface area contributed by atoms with E-state index in [1.165, 1.54) is 6.20 Å². The number of ether oxygens (including phenoxy) is 2. The first kappa shape index (κ1) is 10.8. The first-order valence-corrected chi connectivity index (χ1v) is 5.46. The summed E-state index contributed by atoms with van der Waals surface area (Å²) in [6, 6.07) is 5.38. The zero-order valence-corrected chi connectivity index (χ0v) is 9.47. The van der Waals surface area contributed by atoms with Crippen molar-refractivity contribution >= 4 is 0 Å². The molecule has 0 amide bonds. The van der Waals surface area contributed by atoms with E-state index in [9.17, 15) is 4.79 Å². The van der Waals surface area contributed by atoms with Crippen LogP contribution in [0.4, 0.5) is 0 Å². The van der Waals surface area contributed by atoms with Crippen LogP contribution in [-0.4, -0.2) is 16.8 Å². The van der Waals surface area contributed by atoms with Crippen LogP contribution in [0.2, 0.25) is 0 Å². The molecule has 0 radical (unpaired) electrons. The summed E-state index contributed by atoms with van der Waals surface area (Å²) in [7, 11) is 0. The molecule has 1 aliphatic rings. The van der Waals surface area contributed by atoms with Crippen LogP contribution in [-0.2, 0) is 6.54 Å². The maximum absolute atomic E-state index is 11.6. The first-order chi connectivity index (χ1) is 8.78. The number of benzene rings is 1. The lowest BCUT2D eigenvalue weighted by molar-refractivity contribution is 0.174. The molecule has 0 fully saturated rings. The van der Waals surface area contributed by atoms with Gasteiger partial charge in [0.25, 0.3) is 5.56 Å². The van der Waals surface area contributed by atoms with Gasteiger partial charge in [-0.1, -0.05) is 0 Å². The minimum absolute atomic E-state index is 0.170. The minimum atomic E-state index is -0.222. The van der Waals surface area contributed by atoms with Crippen molar-refractivity contribution in [1.82, 2.24) is 9.97 Å². The molecule has 3 rings (SSSR count). The lowest BCUT2D eigenvalue weighted by atomic mass is 10.2. The Morgan fingerprint density at radius 3 is 2.94 bits per heavy atom. The molecule has 0 unspecified atom stereocenters. The summed E-state index contributed by atoms with van der Waals surface area (Å²) in [5.74, 6) is 1.83. The third kappa shape index (κ3) is 1.72. The Kier molecular flexibility index (Phi) is 2.49. The molecule has 1 aromatic carbocycles. The van der Waals surface area contributed by atoms with Gasteiger partial charge in [-0.05, 0) is 18.2 Å². The van der Waals surface area contributed by atoms with Gasteiger partial charge in [0.05, 0.1) is 0 Å². The van der Waals surface area contributed by atoms with E-state index in [0.717, 1.165) is 5.56 Å². The van der Waals surface area contributed by atoms with Crippen LogP contribution < -0.4 is 20.8 Å². The molecule has 0 spiro atoms. The Bertz CT molecular complexity index is 651. The molecule has 0 saturated carbocycles. The lowest BCUT2D eigenvalue weighted by Gasteiger charge is -2.03. The molecule has 92 valence electrons. The largest absolute Gasteiger partial charge is 0.454 e. The zero-order valence-electron chi connectivity index (χ0n) is 9.47. The molecule has 2 aromatic rings. The highest BCUT2D eigenvalue weighted by Crippen LogP contribution is 2.34. The number of H-pyrrole nitrogens is 1. The van der Waals surface area contributed by atoms with E-state index in [1.807, 2.05) is 6.07 Å². The van der Waals surface area contributed by atoms with E-state index < -0.39 is 0 Å². The van der Waals surface area contributed by atoms with Crippen LogP contribution in [0.15, 0.2) is 29.2 Å². The van der Waals surface area contributed by atoms with Gasteiger partial charge in [0.15, 0.2) is 11.5 Å². The maximum Gasteiger partial charge on any atom is 0.255 e. The quantitative estimate of drug-likeness (QED) is 0.809. The predicted molar refractivity (Wildman–Crippen MR) is 64.3 cm³/mol. The number of nitrogens with two attached hydrogens (primary N) is 1. The molecule has 0 atom stereocenters. The fourth-order valence-electron chi connectivity index (χ4n) is 1.76. The van der Waals surface area contributed by atoms with Crippen LogP contribution in [0.5, 0.6) is 11.5 Å². The van der Waals surface area contributed by atoms with Crippen LogP contribution in [0.1, 0.15) is 5.56 Å². The molecular formula is C12H11N3O3. The van der Waals surface area contributed by atoms with E-state index >= 15 is 0 Å². The number of nitrogens with one attached hydrogen (secondary N) is 1. The molecule has 6 heteroatoms. The molecule has 18 heavy (non-hydrogen) atoms. The number of nitrogens with zero attached hydrogens (tertiary/aromatic N) is 1.